The van der Waals surface area contributed by atoms with Gasteiger partial charge in [-0.15, -0.1) is 0 Å². The molecule has 5 nitrogen and oxygen atoms in total. The van der Waals surface area contributed by atoms with Crippen LogP contribution < -0.4 is 0 Å². The lowest BCUT2D eigenvalue weighted by atomic mass is 10.2. The number of para-hydroxylation sites is 1. The summed E-state index contributed by atoms with van der Waals surface area (Å²) in [5, 5.41) is 8.69. The zero-order chi connectivity index (χ0) is 15.5. The molecule has 2 heterocycles. The molecule has 1 aromatic carbocycles. The van der Waals surface area contributed by atoms with Gasteiger partial charge in [-0.1, -0.05) is 18.2 Å². The Morgan fingerprint density at radius 2 is 1.91 bits per heavy atom. The van der Waals surface area contributed by atoms with Crippen LogP contribution in [0.1, 0.15) is 16.8 Å². The third kappa shape index (κ3) is 3.09. The molecule has 0 aliphatic carbocycles. The van der Waals surface area contributed by atoms with Gasteiger partial charge in [-0.2, -0.15) is 10.2 Å². The van der Waals surface area contributed by atoms with Crippen LogP contribution in [0.4, 0.5) is 0 Å². The van der Waals surface area contributed by atoms with E-state index in [4.69, 9.17) is 0 Å². The molecule has 114 valence electrons. The second kappa shape index (κ2) is 6.15. The lowest BCUT2D eigenvalue weighted by molar-refractivity contribution is 0.309. The molecule has 3 aromatic rings. The minimum Gasteiger partial charge on any atom is -0.296 e. The number of aryl methyl sites for hydroxylation is 2. The Bertz CT molecular complexity index is 756. The monoisotopic (exact) mass is 295 g/mol. The van der Waals surface area contributed by atoms with E-state index in [-0.39, 0.29) is 0 Å². The van der Waals surface area contributed by atoms with Crippen LogP contribution in [0.3, 0.4) is 0 Å². The molecule has 0 saturated carbocycles. The summed E-state index contributed by atoms with van der Waals surface area (Å²) in [6.07, 6.45) is 5.87. The smallest absolute Gasteiger partial charge is 0.0674 e. The van der Waals surface area contributed by atoms with Crippen molar-refractivity contribution in [3.05, 3.63) is 65.7 Å². The third-order valence-electron chi connectivity index (χ3n) is 3.81. The van der Waals surface area contributed by atoms with E-state index in [9.17, 15) is 0 Å². The quantitative estimate of drug-likeness (QED) is 0.726. The number of nitrogens with zero attached hydrogens (tertiary/aromatic N) is 5. The van der Waals surface area contributed by atoms with Crippen molar-refractivity contribution in [3.63, 3.8) is 0 Å². The summed E-state index contributed by atoms with van der Waals surface area (Å²) in [5.74, 6) is 0. The molecule has 0 spiro atoms. The van der Waals surface area contributed by atoms with Crippen molar-refractivity contribution in [3.8, 4) is 5.69 Å². The highest BCUT2D eigenvalue weighted by Crippen LogP contribution is 2.14. The maximum atomic E-state index is 4.49. The molecule has 0 amide bonds. The van der Waals surface area contributed by atoms with E-state index in [1.165, 1.54) is 16.8 Å². The van der Waals surface area contributed by atoms with Crippen LogP contribution in [0.2, 0.25) is 0 Å². The Morgan fingerprint density at radius 3 is 2.64 bits per heavy atom. The standard InChI is InChI=1S/C17H21N5/c1-14-6-4-5-7-17(14)22-12-15(10-19-22)11-20(2)13-16-8-9-18-21(16)3/h4-10,12H,11,13H2,1-3H3. The predicted molar refractivity (Wildman–Crippen MR) is 86.7 cm³/mol. The molecule has 22 heavy (non-hydrogen) atoms. The van der Waals surface area contributed by atoms with E-state index in [0.717, 1.165) is 18.8 Å². The van der Waals surface area contributed by atoms with E-state index in [1.807, 2.05) is 47.0 Å². The van der Waals surface area contributed by atoms with E-state index >= 15 is 0 Å². The Hall–Kier alpha value is -2.40. The van der Waals surface area contributed by atoms with Gasteiger partial charge in [0.1, 0.15) is 0 Å². The lowest BCUT2D eigenvalue weighted by Gasteiger charge is -2.15. The number of hydrogen-bond donors (Lipinski definition) is 0. The van der Waals surface area contributed by atoms with E-state index in [0.29, 0.717) is 0 Å². The van der Waals surface area contributed by atoms with Crippen LogP contribution in [-0.4, -0.2) is 31.5 Å². The molecule has 0 atom stereocenters. The average Bonchev–Trinajstić information content (AvgIpc) is 3.10. The summed E-state index contributed by atoms with van der Waals surface area (Å²) in [6.45, 7) is 3.83. The molecule has 0 unspecified atom stereocenters. The number of aromatic nitrogens is 4. The highest BCUT2D eigenvalue weighted by molar-refractivity contribution is 5.39. The number of benzene rings is 1. The van der Waals surface area contributed by atoms with Gasteiger partial charge in [-0.05, 0) is 31.7 Å². The third-order valence-corrected chi connectivity index (χ3v) is 3.81. The first-order valence-electron chi connectivity index (χ1n) is 7.38. The van der Waals surface area contributed by atoms with Crippen molar-refractivity contribution in [1.82, 2.24) is 24.5 Å². The fraction of sp³-hybridized carbons (Fsp3) is 0.294. The first-order valence-corrected chi connectivity index (χ1v) is 7.38. The first-order chi connectivity index (χ1) is 10.6. The summed E-state index contributed by atoms with van der Waals surface area (Å²) >= 11 is 0. The van der Waals surface area contributed by atoms with Crippen molar-refractivity contribution in [2.24, 2.45) is 7.05 Å². The zero-order valence-corrected chi connectivity index (χ0v) is 13.3. The van der Waals surface area contributed by atoms with Crippen molar-refractivity contribution < 1.29 is 0 Å². The van der Waals surface area contributed by atoms with Crippen LogP contribution in [0.25, 0.3) is 5.69 Å². The molecular formula is C17H21N5. The van der Waals surface area contributed by atoms with Crippen LogP contribution in [-0.2, 0) is 20.1 Å². The van der Waals surface area contributed by atoms with Gasteiger partial charge >= 0.3 is 0 Å². The largest absolute Gasteiger partial charge is 0.296 e. The van der Waals surface area contributed by atoms with Crippen molar-refractivity contribution >= 4 is 0 Å². The Morgan fingerprint density at radius 1 is 1.09 bits per heavy atom. The molecule has 3 rings (SSSR count). The van der Waals surface area contributed by atoms with Gasteiger partial charge < -0.3 is 0 Å². The fourth-order valence-electron chi connectivity index (χ4n) is 2.59. The van der Waals surface area contributed by atoms with Gasteiger partial charge in [-0.25, -0.2) is 4.68 Å². The van der Waals surface area contributed by atoms with Crippen molar-refractivity contribution in [2.75, 3.05) is 7.05 Å². The zero-order valence-electron chi connectivity index (χ0n) is 13.3. The Balaban J connectivity index is 1.69. The molecule has 0 aliphatic heterocycles. The maximum absolute atomic E-state index is 4.49. The summed E-state index contributed by atoms with van der Waals surface area (Å²) in [4.78, 5) is 2.26. The first kappa shape index (κ1) is 14.5. The van der Waals surface area contributed by atoms with Crippen molar-refractivity contribution in [2.45, 2.75) is 20.0 Å². The lowest BCUT2D eigenvalue weighted by Crippen LogP contribution is -2.18. The molecule has 0 bridgehead atoms. The predicted octanol–water partition coefficient (Wildman–Crippen LogP) is 2.55. The van der Waals surface area contributed by atoms with E-state index < -0.39 is 0 Å². The number of hydrogen-bond acceptors (Lipinski definition) is 3. The Kier molecular flexibility index (Phi) is 4.06. The van der Waals surface area contributed by atoms with Gasteiger partial charge in [0, 0.05) is 38.1 Å². The van der Waals surface area contributed by atoms with Gasteiger partial charge in [0.25, 0.3) is 0 Å². The van der Waals surface area contributed by atoms with E-state index in [1.54, 1.807) is 0 Å². The second-order valence-corrected chi connectivity index (χ2v) is 5.70. The SMILES string of the molecule is Cc1ccccc1-n1cc(CN(C)Cc2ccnn2C)cn1. The molecule has 0 N–H and O–H groups in total. The highest BCUT2D eigenvalue weighted by atomic mass is 15.3. The summed E-state index contributed by atoms with van der Waals surface area (Å²) < 4.78 is 3.86. The van der Waals surface area contributed by atoms with Crippen LogP contribution in [0.15, 0.2) is 48.9 Å². The average molecular weight is 295 g/mol. The fourth-order valence-corrected chi connectivity index (χ4v) is 2.59. The van der Waals surface area contributed by atoms with Gasteiger partial charge in [0.15, 0.2) is 0 Å². The topological polar surface area (TPSA) is 38.9 Å². The van der Waals surface area contributed by atoms with Crippen LogP contribution in [0, 0.1) is 6.92 Å². The molecule has 0 radical (unpaired) electrons. The minimum absolute atomic E-state index is 0.858. The molecule has 5 heteroatoms. The molecule has 0 saturated heterocycles. The minimum atomic E-state index is 0.858. The maximum Gasteiger partial charge on any atom is 0.0674 e. The van der Waals surface area contributed by atoms with Crippen molar-refractivity contribution in [1.29, 1.82) is 0 Å². The molecule has 2 aromatic heterocycles. The number of rotatable bonds is 5. The van der Waals surface area contributed by atoms with Crippen LogP contribution >= 0.6 is 0 Å². The normalized spacial score (nSPS) is 11.3. The van der Waals surface area contributed by atoms with E-state index in [2.05, 4.69) is 47.4 Å². The van der Waals surface area contributed by atoms with Gasteiger partial charge in [-0.3, -0.25) is 9.58 Å². The van der Waals surface area contributed by atoms with Gasteiger partial charge in [0.2, 0.25) is 0 Å². The molecular weight excluding hydrogens is 274 g/mol. The summed E-state index contributed by atoms with van der Waals surface area (Å²) in [7, 11) is 4.08. The molecule has 0 fully saturated rings. The Labute approximate surface area is 130 Å². The highest BCUT2D eigenvalue weighted by Gasteiger charge is 2.08. The second-order valence-electron chi connectivity index (χ2n) is 5.70. The van der Waals surface area contributed by atoms with Crippen LogP contribution in [0.5, 0.6) is 0 Å². The summed E-state index contributed by atoms with van der Waals surface area (Å²) in [6, 6.07) is 10.3. The molecule has 0 aliphatic rings. The summed E-state index contributed by atoms with van der Waals surface area (Å²) in [5.41, 5.74) is 4.75. The van der Waals surface area contributed by atoms with Gasteiger partial charge in [0.05, 0.1) is 17.6 Å².